The summed E-state index contributed by atoms with van der Waals surface area (Å²) < 4.78 is -1.81. The van der Waals surface area contributed by atoms with Crippen LogP contribution >= 0.6 is 47.0 Å². The molecular weight excluding hydrogens is 425 g/mol. The molecule has 144 valence electrons. The minimum absolute atomic E-state index is 0.225. The summed E-state index contributed by atoms with van der Waals surface area (Å²) in [4.78, 5) is 12.5. The van der Waals surface area contributed by atoms with E-state index in [2.05, 4.69) is 16.0 Å². The molecule has 4 nitrogen and oxygen atoms in total. The normalized spacial score (nSPS) is 12.2. The molecule has 1 amide bonds. The fourth-order valence-electron chi connectivity index (χ4n) is 2.44. The smallest absolute Gasteiger partial charge is 0.252 e. The maximum absolute atomic E-state index is 12.5. The summed E-state index contributed by atoms with van der Waals surface area (Å²) in [6.45, 7) is 5.86. The van der Waals surface area contributed by atoms with Gasteiger partial charge in [0.25, 0.3) is 5.91 Å². The van der Waals surface area contributed by atoms with Crippen LogP contribution in [0.25, 0.3) is 0 Å². The van der Waals surface area contributed by atoms with E-state index in [0.29, 0.717) is 5.56 Å². The second-order valence-corrected chi connectivity index (χ2v) is 9.01. The monoisotopic (exact) mass is 443 g/mol. The molecular formula is C19H20Cl3N3OS. The van der Waals surface area contributed by atoms with Gasteiger partial charge in [0.05, 0.1) is 0 Å². The SMILES string of the molecule is Cc1cccc(C(=O)N[C@H](NC(=S)Nc2ccc(C)cc2C)C(Cl)(Cl)Cl)c1. The van der Waals surface area contributed by atoms with Gasteiger partial charge >= 0.3 is 0 Å². The van der Waals surface area contributed by atoms with Crippen LogP contribution in [0.5, 0.6) is 0 Å². The topological polar surface area (TPSA) is 53.2 Å². The van der Waals surface area contributed by atoms with Crippen LogP contribution in [-0.4, -0.2) is 21.0 Å². The predicted molar refractivity (Wildman–Crippen MR) is 118 cm³/mol. The van der Waals surface area contributed by atoms with E-state index in [1.807, 2.05) is 45.0 Å². The zero-order valence-electron chi connectivity index (χ0n) is 15.1. The summed E-state index contributed by atoms with van der Waals surface area (Å²) in [5.41, 5.74) is 4.40. The van der Waals surface area contributed by atoms with Crippen LogP contribution in [0.2, 0.25) is 0 Å². The van der Waals surface area contributed by atoms with Crippen LogP contribution in [0.4, 0.5) is 5.69 Å². The zero-order chi connectivity index (χ0) is 20.2. The third-order valence-corrected chi connectivity index (χ3v) is 4.66. The van der Waals surface area contributed by atoms with Gasteiger partial charge in [-0.1, -0.05) is 70.2 Å². The molecule has 0 aliphatic heterocycles. The molecule has 0 aromatic heterocycles. The molecule has 8 heteroatoms. The molecule has 0 spiro atoms. The van der Waals surface area contributed by atoms with Crippen molar-refractivity contribution in [3.05, 3.63) is 64.7 Å². The van der Waals surface area contributed by atoms with E-state index >= 15 is 0 Å². The Kier molecular flexibility index (Phi) is 7.34. The minimum atomic E-state index is -1.81. The highest BCUT2D eigenvalue weighted by Crippen LogP contribution is 2.29. The maximum Gasteiger partial charge on any atom is 0.252 e. The molecule has 0 aliphatic rings. The molecule has 27 heavy (non-hydrogen) atoms. The Hall–Kier alpha value is -1.53. The van der Waals surface area contributed by atoms with E-state index in [0.717, 1.165) is 22.4 Å². The number of alkyl halides is 3. The number of rotatable bonds is 4. The van der Waals surface area contributed by atoms with Gasteiger partial charge < -0.3 is 16.0 Å². The number of hydrogen-bond acceptors (Lipinski definition) is 2. The fourth-order valence-corrected chi connectivity index (χ4v) is 3.00. The number of carbonyl (C=O) groups excluding carboxylic acids is 1. The molecule has 1 atom stereocenters. The Morgan fingerprint density at radius 1 is 1.00 bits per heavy atom. The number of nitrogens with one attached hydrogen (secondary N) is 3. The number of amides is 1. The first kappa shape index (κ1) is 21.8. The van der Waals surface area contributed by atoms with Crippen molar-refractivity contribution in [2.45, 2.75) is 30.7 Å². The molecule has 0 unspecified atom stereocenters. The Morgan fingerprint density at radius 2 is 1.67 bits per heavy atom. The van der Waals surface area contributed by atoms with Gasteiger partial charge in [0, 0.05) is 11.3 Å². The molecule has 0 saturated carbocycles. The van der Waals surface area contributed by atoms with Gasteiger partial charge in [-0.2, -0.15) is 0 Å². The van der Waals surface area contributed by atoms with Crippen LogP contribution in [0.1, 0.15) is 27.0 Å². The molecule has 2 aromatic rings. The Morgan fingerprint density at radius 3 is 2.26 bits per heavy atom. The van der Waals surface area contributed by atoms with Crippen molar-refractivity contribution < 1.29 is 4.79 Å². The molecule has 2 aromatic carbocycles. The molecule has 0 saturated heterocycles. The van der Waals surface area contributed by atoms with Crippen LogP contribution < -0.4 is 16.0 Å². The Labute approximate surface area is 179 Å². The molecule has 0 aliphatic carbocycles. The number of benzene rings is 2. The molecule has 3 N–H and O–H groups in total. The highest BCUT2D eigenvalue weighted by Gasteiger charge is 2.35. The lowest BCUT2D eigenvalue weighted by Crippen LogP contribution is -2.56. The molecule has 0 fully saturated rings. The van der Waals surface area contributed by atoms with Gasteiger partial charge in [0.15, 0.2) is 5.11 Å². The fraction of sp³-hybridized carbons (Fsp3) is 0.263. The number of anilines is 1. The largest absolute Gasteiger partial charge is 0.339 e. The number of aryl methyl sites for hydroxylation is 3. The summed E-state index contributed by atoms with van der Waals surface area (Å²) in [6.07, 6.45) is -1.03. The first-order valence-corrected chi connectivity index (χ1v) is 9.69. The van der Waals surface area contributed by atoms with E-state index in [1.54, 1.807) is 18.2 Å². The average molecular weight is 445 g/mol. The number of halogens is 3. The zero-order valence-corrected chi connectivity index (χ0v) is 18.2. The standard InChI is InChI=1S/C19H20Cl3N3OS/c1-11-5-4-6-14(10-11)16(26)24-17(19(20,21)22)25-18(27)23-15-8-7-12(2)9-13(15)3/h4-10,17H,1-3H3,(H,24,26)(H2,23,25,27)/t17-/m1/s1. The second kappa shape index (κ2) is 9.11. The van der Waals surface area contributed by atoms with Crippen molar-refractivity contribution in [1.82, 2.24) is 10.6 Å². The molecule has 0 radical (unpaired) electrons. The third-order valence-electron chi connectivity index (χ3n) is 3.79. The lowest BCUT2D eigenvalue weighted by molar-refractivity contribution is 0.0934. The Bertz CT molecular complexity index is 852. The van der Waals surface area contributed by atoms with Crippen molar-refractivity contribution >= 4 is 63.7 Å². The summed E-state index contributed by atoms with van der Waals surface area (Å²) in [5.74, 6) is -0.378. The van der Waals surface area contributed by atoms with Crippen LogP contribution in [0, 0.1) is 20.8 Å². The van der Waals surface area contributed by atoms with Crippen molar-refractivity contribution in [1.29, 1.82) is 0 Å². The molecule has 0 heterocycles. The van der Waals surface area contributed by atoms with Gasteiger partial charge in [0.1, 0.15) is 6.17 Å². The maximum atomic E-state index is 12.5. The lowest BCUT2D eigenvalue weighted by atomic mass is 10.1. The van der Waals surface area contributed by atoms with E-state index in [4.69, 9.17) is 47.0 Å². The molecule has 2 rings (SSSR count). The first-order chi connectivity index (χ1) is 12.6. The van der Waals surface area contributed by atoms with E-state index in [9.17, 15) is 4.79 Å². The summed E-state index contributed by atoms with van der Waals surface area (Å²) in [5, 5.41) is 8.80. The summed E-state index contributed by atoms with van der Waals surface area (Å²) >= 11 is 23.4. The van der Waals surface area contributed by atoms with E-state index in [-0.39, 0.29) is 11.0 Å². The summed E-state index contributed by atoms with van der Waals surface area (Å²) in [6, 6.07) is 13.0. The van der Waals surface area contributed by atoms with Gasteiger partial charge in [0.2, 0.25) is 3.79 Å². The lowest BCUT2D eigenvalue weighted by Gasteiger charge is -2.28. The summed E-state index contributed by atoms with van der Waals surface area (Å²) in [7, 11) is 0. The highest BCUT2D eigenvalue weighted by atomic mass is 35.6. The van der Waals surface area contributed by atoms with Gasteiger partial charge in [-0.15, -0.1) is 0 Å². The van der Waals surface area contributed by atoms with E-state index in [1.165, 1.54) is 0 Å². The predicted octanol–water partition coefficient (Wildman–Crippen LogP) is 5.02. The number of carbonyl (C=O) groups is 1. The number of hydrogen-bond donors (Lipinski definition) is 3. The number of thiocarbonyl (C=S) groups is 1. The third kappa shape index (κ3) is 6.54. The van der Waals surface area contributed by atoms with Gasteiger partial charge in [-0.3, -0.25) is 4.79 Å². The van der Waals surface area contributed by atoms with Crippen molar-refractivity contribution in [3.63, 3.8) is 0 Å². The first-order valence-electron chi connectivity index (χ1n) is 8.15. The van der Waals surface area contributed by atoms with Gasteiger partial charge in [-0.05, 0) is 56.8 Å². The quantitative estimate of drug-likeness (QED) is 0.352. The second-order valence-electron chi connectivity index (χ2n) is 6.23. The van der Waals surface area contributed by atoms with Crippen molar-refractivity contribution in [2.75, 3.05) is 5.32 Å². The minimum Gasteiger partial charge on any atom is -0.339 e. The van der Waals surface area contributed by atoms with E-state index < -0.39 is 9.96 Å². The Balaban J connectivity index is 2.10. The molecule has 0 bridgehead atoms. The van der Waals surface area contributed by atoms with Gasteiger partial charge in [-0.25, -0.2) is 0 Å². The average Bonchev–Trinajstić information content (AvgIpc) is 2.56. The van der Waals surface area contributed by atoms with Crippen LogP contribution in [0.15, 0.2) is 42.5 Å². The highest BCUT2D eigenvalue weighted by molar-refractivity contribution is 7.80. The van der Waals surface area contributed by atoms with Crippen LogP contribution in [-0.2, 0) is 0 Å². The van der Waals surface area contributed by atoms with Crippen molar-refractivity contribution in [2.24, 2.45) is 0 Å². The van der Waals surface area contributed by atoms with Crippen molar-refractivity contribution in [3.8, 4) is 0 Å². The van der Waals surface area contributed by atoms with Crippen LogP contribution in [0.3, 0.4) is 0 Å².